The van der Waals surface area contributed by atoms with Crippen molar-refractivity contribution in [1.29, 1.82) is 0 Å². The Balaban J connectivity index is 1.84. The first-order valence-corrected chi connectivity index (χ1v) is 12.3. The van der Waals surface area contributed by atoms with Gasteiger partial charge < -0.3 is 19.3 Å². The van der Waals surface area contributed by atoms with Crippen LogP contribution in [0.15, 0.2) is 73.2 Å². The molecular weight excluding hydrogens is 483 g/mol. The highest BCUT2D eigenvalue weighted by molar-refractivity contribution is 5.79. The van der Waals surface area contributed by atoms with Gasteiger partial charge >= 0.3 is 5.97 Å². The maximum atomic E-state index is 13.8. The third-order valence-electron chi connectivity index (χ3n) is 7.11. The van der Waals surface area contributed by atoms with Crippen molar-refractivity contribution in [3.8, 4) is 5.75 Å². The van der Waals surface area contributed by atoms with Crippen LogP contribution in [0, 0.1) is 5.41 Å². The monoisotopic (exact) mass is 517 g/mol. The second kappa shape index (κ2) is 13.2. The summed E-state index contributed by atoms with van der Waals surface area (Å²) in [5.41, 5.74) is -2.62. The molecule has 1 atom stereocenters. The number of ether oxygens (including phenoxy) is 1. The second-order valence-corrected chi connectivity index (χ2v) is 9.13. The Hall–Kier alpha value is -3.49. The number of halogens is 3. The number of hydrogen-bond donors (Lipinski definition) is 1. The first kappa shape index (κ1) is 28.1. The molecule has 0 bridgehead atoms. The van der Waals surface area contributed by atoms with Gasteiger partial charge in [-0.1, -0.05) is 18.2 Å². The number of likely N-dealkylation sites (N-methyl/N-ethyl adjacent to an activating group) is 1. The van der Waals surface area contributed by atoms with Gasteiger partial charge in [-0.05, 0) is 61.2 Å². The van der Waals surface area contributed by atoms with Gasteiger partial charge in [0, 0.05) is 37.5 Å². The summed E-state index contributed by atoms with van der Waals surface area (Å²) in [6, 6.07) is 15.9. The number of hydrogen-bond acceptors (Lipinski definition) is 4. The molecule has 0 spiro atoms. The van der Waals surface area contributed by atoms with Crippen molar-refractivity contribution in [2.75, 3.05) is 45.1 Å². The molecule has 1 aromatic carbocycles. The minimum absolute atomic E-state index is 0.0697. The van der Waals surface area contributed by atoms with Crippen LogP contribution >= 0.6 is 0 Å². The van der Waals surface area contributed by atoms with Crippen LogP contribution in [0.25, 0.3) is 0 Å². The lowest BCUT2D eigenvalue weighted by Crippen LogP contribution is -2.57. The standard InChI is InChI=1S/C28H34F3N3O3/c1-33(25-6-2-3-17-32-25)20-21-37-24-9-7-23(8-10-24)22-28(26(35)36,34-18-4-5-19-34)27(11-14-29,12-15-30)13-16-31/h2-10,17-19H,11-16,20-22H2,1H3,(H,35,36)/t28-/m0/s1. The van der Waals surface area contributed by atoms with Crippen molar-refractivity contribution in [3.63, 3.8) is 0 Å². The average molecular weight is 518 g/mol. The zero-order valence-electron chi connectivity index (χ0n) is 21.0. The first-order valence-electron chi connectivity index (χ1n) is 12.3. The summed E-state index contributed by atoms with van der Waals surface area (Å²) < 4.78 is 48.6. The van der Waals surface area contributed by atoms with E-state index >= 15 is 0 Å². The molecule has 200 valence electrons. The number of nitrogens with zero attached hydrogens (tertiary/aromatic N) is 3. The zero-order valence-corrected chi connectivity index (χ0v) is 21.0. The zero-order chi connectivity index (χ0) is 26.7. The molecule has 1 N–H and O–H groups in total. The van der Waals surface area contributed by atoms with Crippen LogP contribution in [0.5, 0.6) is 5.75 Å². The van der Waals surface area contributed by atoms with Crippen LogP contribution in [0.1, 0.15) is 24.8 Å². The van der Waals surface area contributed by atoms with Gasteiger partial charge in [-0.2, -0.15) is 0 Å². The van der Waals surface area contributed by atoms with Crippen LogP contribution in [0.2, 0.25) is 0 Å². The number of aliphatic carboxylic acids is 1. The van der Waals surface area contributed by atoms with E-state index in [0.717, 1.165) is 5.82 Å². The number of carboxylic acids is 1. The van der Waals surface area contributed by atoms with Crippen LogP contribution in [-0.4, -0.2) is 60.8 Å². The Kier molecular flexibility index (Phi) is 10.00. The van der Waals surface area contributed by atoms with Gasteiger partial charge in [-0.25, -0.2) is 9.78 Å². The lowest BCUT2D eigenvalue weighted by Gasteiger charge is -2.48. The molecule has 3 rings (SSSR count). The van der Waals surface area contributed by atoms with E-state index in [1.165, 1.54) is 4.57 Å². The average Bonchev–Trinajstić information content (AvgIpc) is 3.44. The van der Waals surface area contributed by atoms with E-state index in [9.17, 15) is 23.1 Å². The first-order chi connectivity index (χ1) is 17.9. The fraction of sp³-hybridized carbons (Fsp3) is 0.429. The molecule has 0 unspecified atom stereocenters. The number of rotatable bonds is 16. The molecule has 0 amide bonds. The van der Waals surface area contributed by atoms with Crippen LogP contribution in [0.3, 0.4) is 0 Å². The fourth-order valence-corrected chi connectivity index (χ4v) is 5.09. The van der Waals surface area contributed by atoms with Gasteiger partial charge in [0.15, 0.2) is 5.54 Å². The quantitative estimate of drug-likeness (QED) is 0.272. The molecule has 0 aliphatic carbocycles. The van der Waals surface area contributed by atoms with E-state index in [1.54, 1.807) is 55.0 Å². The van der Waals surface area contributed by atoms with Gasteiger partial charge in [0.1, 0.15) is 18.2 Å². The lowest BCUT2D eigenvalue weighted by atomic mass is 9.61. The summed E-state index contributed by atoms with van der Waals surface area (Å²) in [4.78, 5) is 19.2. The number of aromatic nitrogens is 2. The highest BCUT2D eigenvalue weighted by Crippen LogP contribution is 2.49. The summed E-state index contributed by atoms with van der Waals surface area (Å²) in [5.74, 6) is 0.175. The highest BCUT2D eigenvalue weighted by atomic mass is 19.1. The SMILES string of the molecule is CN(CCOc1ccc(C[C@@](C(=O)O)(n2cccc2)C(CCF)(CCF)CCF)cc1)c1ccccn1. The summed E-state index contributed by atoms with van der Waals surface area (Å²) >= 11 is 0. The Morgan fingerprint density at radius 1 is 0.973 bits per heavy atom. The Morgan fingerprint density at radius 2 is 1.59 bits per heavy atom. The molecular formula is C28H34F3N3O3. The third kappa shape index (κ3) is 6.26. The molecule has 9 heteroatoms. The van der Waals surface area contributed by atoms with Crippen molar-refractivity contribution in [3.05, 3.63) is 78.8 Å². The van der Waals surface area contributed by atoms with Gasteiger partial charge in [0.05, 0.1) is 26.6 Å². The minimum Gasteiger partial charge on any atom is -0.492 e. The summed E-state index contributed by atoms with van der Waals surface area (Å²) in [5, 5.41) is 10.6. The second-order valence-electron chi connectivity index (χ2n) is 9.13. The van der Waals surface area contributed by atoms with Gasteiger partial charge in [0.25, 0.3) is 0 Å². The van der Waals surface area contributed by atoms with Crippen molar-refractivity contribution < 1.29 is 27.8 Å². The van der Waals surface area contributed by atoms with Crippen molar-refractivity contribution >= 4 is 11.8 Å². The molecule has 0 radical (unpaired) electrons. The Bertz CT molecular complexity index is 1060. The van der Waals surface area contributed by atoms with Crippen LogP contribution < -0.4 is 9.64 Å². The molecule has 37 heavy (non-hydrogen) atoms. The van der Waals surface area contributed by atoms with Gasteiger partial charge in [-0.15, -0.1) is 0 Å². The van der Waals surface area contributed by atoms with E-state index in [4.69, 9.17) is 4.74 Å². The number of pyridine rings is 1. The smallest absolute Gasteiger partial charge is 0.330 e. The maximum absolute atomic E-state index is 13.8. The normalized spacial score (nSPS) is 13.2. The maximum Gasteiger partial charge on any atom is 0.330 e. The number of carbonyl (C=O) groups is 1. The largest absolute Gasteiger partial charge is 0.492 e. The molecule has 2 heterocycles. The third-order valence-corrected chi connectivity index (χ3v) is 7.11. The van der Waals surface area contributed by atoms with E-state index < -0.39 is 36.9 Å². The van der Waals surface area contributed by atoms with Crippen LogP contribution in [-0.2, 0) is 16.8 Å². The number of benzene rings is 1. The molecule has 0 fully saturated rings. The number of carboxylic acid groups (broad SMARTS) is 1. The summed E-state index contributed by atoms with van der Waals surface area (Å²) in [7, 11) is 1.92. The lowest BCUT2D eigenvalue weighted by molar-refractivity contribution is -0.159. The van der Waals surface area contributed by atoms with E-state index in [-0.39, 0.29) is 25.7 Å². The van der Waals surface area contributed by atoms with E-state index in [0.29, 0.717) is 24.5 Å². The predicted octanol–water partition coefficient (Wildman–Crippen LogP) is 5.49. The Morgan fingerprint density at radius 3 is 2.11 bits per heavy atom. The highest BCUT2D eigenvalue weighted by Gasteiger charge is 2.57. The minimum atomic E-state index is -1.78. The van der Waals surface area contributed by atoms with E-state index in [2.05, 4.69) is 4.98 Å². The predicted molar refractivity (Wildman–Crippen MR) is 137 cm³/mol. The van der Waals surface area contributed by atoms with Crippen LogP contribution in [0.4, 0.5) is 19.0 Å². The molecule has 2 aromatic heterocycles. The Labute approximate surface area is 215 Å². The van der Waals surface area contributed by atoms with Crippen molar-refractivity contribution in [2.45, 2.75) is 31.2 Å². The van der Waals surface area contributed by atoms with Gasteiger partial charge in [0.2, 0.25) is 0 Å². The molecule has 0 aliphatic heterocycles. The molecule has 0 saturated carbocycles. The van der Waals surface area contributed by atoms with Crippen molar-refractivity contribution in [1.82, 2.24) is 9.55 Å². The number of alkyl halides is 3. The summed E-state index contributed by atoms with van der Waals surface area (Å²) in [6.45, 7) is -1.63. The molecule has 6 nitrogen and oxygen atoms in total. The number of anilines is 1. The molecule has 3 aromatic rings. The topological polar surface area (TPSA) is 67.6 Å². The molecule has 0 aliphatic rings. The van der Waals surface area contributed by atoms with E-state index in [1.807, 2.05) is 30.1 Å². The van der Waals surface area contributed by atoms with Gasteiger partial charge in [-0.3, -0.25) is 13.2 Å². The summed E-state index contributed by atoms with van der Waals surface area (Å²) in [6.07, 6.45) is 3.97. The van der Waals surface area contributed by atoms with Crippen molar-refractivity contribution in [2.24, 2.45) is 5.41 Å². The molecule has 0 saturated heterocycles. The fourth-order valence-electron chi connectivity index (χ4n) is 5.09.